The third-order valence-electron chi connectivity index (χ3n) is 1.09. The minimum Gasteiger partial charge on any atom is -0.353 e. The molecule has 0 unspecified atom stereocenters. The Morgan fingerprint density at radius 3 is 2.78 bits per heavy atom. The van der Waals surface area contributed by atoms with Gasteiger partial charge in [-0.1, -0.05) is 13.8 Å². The van der Waals surface area contributed by atoms with E-state index in [-0.39, 0.29) is 0 Å². The second-order valence-corrected chi connectivity index (χ2v) is 2.20. The number of hydrogen-bond acceptors (Lipinski definition) is 2. The SMILES string of the molecule is CC(C)C1=CC=C=NO1. The van der Waals surface area contributed by atoms with E-state index in [1.807, 2.05) is 6.08 Å². The number of allylic oxidation sites excluding steroid dienone is 3. The van der Waals surface area contributed by atoms with Gasteiger partial charge in [-0.25, -0.2) is 0 Å². The van der Waals surface area contributed by atoms with Crippen molar-refractivity contribution in [2.24, 2.45) is 11.1 Å². The van der Waals surface area contributed by atoms with Gasteiger partial charge >= 0.3 is 0 Å². The van der Waals surface area contributed by atoms with E-state index in [9.17, 15) is 0 Å². The van der Waals surface area contributed by atoms with E-state index in [1.54, 1.807) is 6.08 Å². The van der Waals surface area contributed by atoms with Crippen molar-refractivity contribution < 1.29 is 4.84 Å². The molecular formula is C7H9NO. The molecule has 9 heavy (non-hydrogen) atoms. The molecular weight excluding hydrogens is 114 g/mol. The van der Waals surface area contributed by atoms with Gasteiger partial charge in [0.05, 0.1) is 0 Å². The fourth-order valence-electron chi connectivity index (χ4n) is 0.557. The van der Waals surface area contributed by atoms with E-state index in [4.69, 9.17) is 4.84 Å². The Morgan fingerprint density at radius 2 is 2.44 bits per heavy atom. The van der Waals surface area contributed by atoms with Gasteiger partial charge in [-0.15, -0.1) is 0 Å². The second-order valence-electron chi connectivity index (χ2n) is 2.20. The van der Waals surface area contributed by atoms with Crippen molar-refractivity contribution in [1.82, 2.24) is 0 Å². The molecule has 0 aromatic heterocycles. The number of nitrogens with zero attached hydrogens (tertiary/aromatic N) is 1. The first-order chi connectivity index (χ1) is 4.30. The lowest BCUT2D eigenvalue weighted by atomic mass is 10.1. The topological polar surface area (TPSA) is 21.6 Å². The van der Waals surface area contributed by atoms with Crippen LogP contribution in [0.15, 0.2) is 23.1 Å². The number of rotatable bonds is 1. The minimum absolute atomic E-state index is 0.409. The summed E-state index contributed by atoms with van der Waals surface area (Å²) in [6.07, 6.45) is 3.62. The van der Waals surface area contributed by atoms with Gasteiger partial charge in [0.2, 0.25) is 0 Å². The highest BCUT2D eigenvalue weighted by molar-refractivity contribution is 5.55. The van der Waals surface area contributed by atoms with Crippen LogP contribution < -0.4 is 0 Å². The first-order valence-corrected chi connectivity index (χ1v) is 2.96. The average molecular weight is 123 g/mol. The maximum Gasteiger partial charge on any atom is 0.139 e. The summed E-state index contributed by atoms with van der Waals surface area (Å²) >= 11 is 0. The summed E-state index contributed by atoms with van der Waals surface area (Å²) in [7, 11) is 0. The molecule has 48 valence electrons. The summed E-state index contributed by atoms with van der Waals surface area (Å²) in [6.45, 7) is 4.11. The highest BCUT2D eigenvalue weighted by atomic mass is 16.6. The fourth-order valence-corrected chi connectivity index (χ4v) is 0.557. The molecule has 1 heterocycles. The molecule has 1 rings (SSSR count). The van der Waals surface area contributed by atoms with Gasteiger partial charge in [0, 0.05) is 17.9 Å². The van der Waals surface area contributed by atoms with Crippen molar-refractivity contribution in [3.8, 4) is 0 Å². The highest BCUT2D eigenvalue weighted by Gasteiger charge is 2.03. The molecule has 0 fully saturated rings. The van der Waals surface area contributed by atoms with Crippen molar-refractivity contribution in [2.75, 3.05) is 0 Å². The molecule has 2 heteroatoms. The van der Waals surface area contributed by atoms with Crippen molar-refractivity contribution >= 4 is 5.87 Å². The molecule has 1 aliphatic rings. The van der Waals surface area contributed by atoms with Gasteiger partial charge < -0.3 is 4.84 Å². The maximum atomic E-state index is 4.88. The van der Waals surface area contributed by atoms with Crippen molar-refractivity contribution in [3.05, 3.63) is 17.9 Å². The molecule has 2 nitrogen and oxygen atoms in total. The molecule has 0 amide bonds. The Bertz CT molecular complexity index is 185. The predicted octanol–water partition coefficient (Wildman–Crippen LogP) is 1.70. The molecule has 0 spiro atoms. The lowest BCUT2D eigenvalue weighted by Gasteiger charge is -2.06. The zero-order valence-corrected chi connectivity index (χ0v) is 5.59. The molecule has 0 aliphatic carbocycles. The number of hydrogen-bond donors (Lipinski definition) is 0. The minimum atomic E-state index is 0.409. The molecule has 1 aliphatic heterocycles. The van der Waals surface area contributed by atoms with Crippen LogP contribution in [0, 0.1) is 5.92 Å². The van der Waals surface area contributed by atoms with E-state index < -0.39 is 0 Å². The van der Waals surface area contributed by atoms with Crippen molar-refractivity contribution in [1.29, 1.82) is 0 Å². The van der Waals surface area contributed by atoms with E-state index in [0.29, 0.717) is 5.92 Å². The van der Waals surface area contributed by atoms with Gasteiger partial charge in [-0.3, -0.25) is 0 Å². The van der Waals surface area contributed by atoms with Crippen LogP contribution in [0.1, 0.15) is 13.8 Å². The standard InChI is InChI=1S/C7H9NO/c1-6(2)7-4-3-5-8-9-7/h3-4,6H,1-2H3. The van der Waals surface area contributed by atoms with E-state index in [2.05, 4.69) is 24.9 Å². The second kappa shape index (κ2) is 2.51. The van der Waals surface area contributed by atoms with E-state index in [1.165, 1.54) is 0 Å². The molecule has 0 aromatic carbocycles. The van der Waals surface area contributed by atoms with Crippen molar-refractivity contribution in [2.45, 2.75) is 13.8 Å². The Balaban J connectivity index is 2.66. The van der Waals surface area contributed by atoms with Crippen LogP contribution in [-0.2, 0) is 4.84 Å². The van der Waals surface area contributed by atoms with Crippen LogP contribution in [-0.4, -0.2) is 5.87 Å². The summed E-state index contributed by atoms with van der Waals surface area (Å²) in [5.74, 6) is 3.88. The van der Waals surface area contributed by atoms with Gasteiger partial charge in [-0.05, 0) is 11.2 Å². The van der Waals surface area contributed by atoms with E-state index in [0.717, 1.165) is 5.76 Å². The van der Waals surface area contributed by atoms with Gasteiger partial charge in [0.25, 0.3) is 0 Å². The third-order valence-corrected chi connectivity index (χ3v) is 1.09. The molecule has 0 radical (unpaired) electrons. The highest BCUT2D eigenvalue weighted by Crippen LogP contribution is 2.12. The van der Waals surface area contributed by atoms with Gasteiger partial charge in [0.15, 0.2) is 0 Å². The Hall–Kier alpha value is -1.01. The predicted molar refractivity (Wildman–Crippen MR) is 36.0 cm³/mol. The average Bonchev–Trinajstić information content (AvgIpc) is 1.90. The largest absolute Gasteiger partial charge is 0.353 e. The molecule has 0 N–H and O–H groups in total. The lowest BCUT2D eigenvalue weighted by Crippen LogP contribution is -1.96. The molecule has 0 saturated heterocycles. The quantitative estimate of drug-likeness (QED) is 0.520. The van der Waals surface area contributed by atoms with Crippen LogP contribution in [0.3, 0.4) is 0 Å². The zero-order chi connectivity index (χ0) is 6.69. The summed E-state index contributed by atoms with van der Waals surface area (Å²) < 4.78 is 0. The Labute approximate surface area is 54.5 Å². The third kappa shape index (κ3) is 1.44. The van der Waals surface area contributed by atoms with Crippen LogP contribution in [0.5, 0.6) is 0 Å². The molecule has 0 atom stereocenters. The van der Waals surface area contributed by atoms with Gasteiger partial charge in [-0.2, -0.15) is 0 Å². The zero-order valence-electron chi connectivity index (χ0n) is 5.59. The van der Waals surface area contributed by atoms with E-state index >= 15 is 0 Å². The molecule has 0 aromatic rings. The van der Waals surface area contributed by atoms with Crippen LogP contribution in [0.25, 0.3) is 0 Å². The monoisotopic (exact) mass is 123 g/mol. The summed E-state index contributed by atoms with van der Waals surface area (Å²) in [4.78, 5) is 4.88. The fraction of sp³-hybridized carbons (Fsp3) is 0.429. The van der Waals surface area contributed by atoms with Crippen LogP contribution >= 0.6 is 0 Å². The summed E-state index contributed by atoms with van der Waals surface area (Å²) in [5.41, 5.74) is 0. The Morgan fingerprint density at radius 1 is 1.67 bits per heavy atom. The van der Waals surface area contributed by atoms with Crippen LogP contribution in [0.4, 0.5) is 0 Å². The lowest BCUT2D eigenvalue weighted by molar-refractivity contribution is 0.198. The Kier molecular flexibility index (Phi) is 1.71. The van der Waals surface area contributed by atoms with Crippen LogP contribution in [0.2, 0.25) is 0 Å². The maximum absolute atomic E-state index is 4.88. The molecule has 0 bridgehead atoms. The molecule has 0 saturated carbocycles. The smallest absolute Gasteiger partial charge is 0.139 e. The summed E-state index contributed by atoms with van der Waals surface area (Å²) in [5, 5.41) is 3.51. The first-order valence-electron chi connectivity index (χ1n) is 2.96. The summed E-state index contributed by atoms with van der Waals surface area (Å²) in [6, 6.07) is 0. The normalized spacial score (nSPS) is 15.7. The van der Waals surface area contributed by atoms with Gasteiger partial charge in [0.1, 0.15) is 5.76 Å². The van der Waals surface area contributed by atoms with Crippen molar-refractivity contribution in [3.63, 3.8) is 0 Å². The first kappa shape index (κ1) is 6.12.